The highest BCUT2D eigenvalue weighted by molar-refractivity contribution is 6.05. The molecule has 9 rings (SSSR count). The number of ether oxygens (including phenoxy) is 2. The third-order valence-electron chi connectivity index (χ3n) is 10.7. The Morgan fingerprint density at radius 2 is 1.37 bits per heavy atom. The average molecular weight is 691 g/mol. The second kappa shape index (κ2) is 11.0. The maximum Gasteiger partial charge on any atom is 0.411 e. The third-order valence-corrected chi connectivity index (χ3v) is 10.7. The van der Waals surface area contributed by atoms with E-state index >= 15 is 4.39 Å². The lowest BCUT2D eigenvalue weighted by atomic mass is 9.99. The van der Waals surface area contributed by atoms with Crippen LogP contribution in [0.3, 0.4) is 0 Å². The van der Waals surface area contributed by atoms with E-state index in [2.05, 4.69) is 21.0 Å². The molecule has 11 heteroatoms. The highest BCUT2D eigenvalue weighted by atomic mass is 19.1. The van der Waals surface area contributed by atoms with Crippen molar-refractivity contribution < 1.29 is 23.5 Å². The van der Waals surface area contributed by atoms with Gasteiger partial charge in [0.25, 0.3) is 0 Å². The normalized spacial score (nSPS) is 25.3. The first-order valence-electron chi connectivity index (χ1n) is 18.0. The Kier molecular flexibility index (Phi) is 6.93. The Hall–Kier alpha value is -4.93. The fourth-order valence-corrected chi connectivity index (χ4v) is 8.27. The monoisotopic (exact) mass is 690 g/mol. The van der Waals surface area contributed by atoms with Crippen molar-refractivity contribution in [3.05, 3.63) is 72.2 Å². The van der Waals surface area contributed by atoms with Crippen molar-refractivity contribution in [2.24, 2.45) is 11.8 Å². The average Bonchev–Trinajstić information content (AvgIpc) is 3.68. The van der Waals surface area contributed by atoms with Gasteiger partial charge in [-0.2, -0.15) is 0 Å². The van der Waals surface area contributed by atoms with Crippen molar-refractivity contribution in [3.63, 3.8) is 0 Å². The van der Waals surface area contributed by atoms with E-state index in [9.17, 15) is 9.59 Å². The Labute approximate surface area is 295 Å². The first-order valence-corrected chi connectivity index (χ1v) is 18.0. The van der Waals surface area contributed by atoms with Crippen LogP contribution in [-0.4, -0.2) is 65.2 Å². The highest BCUT2D eigenvalue weighted by Crippen LogP contribution is 2.54. The highest BCUT2D eigenvalue weighted by Gasteiger charge is 2.57. The van der Waals surface area contributed by atoms with Gasteiger partial charge in [0, 0.05) is 23.0 Å². The number of nitrogens with one attached hydrogen (secondary N) is 2. The van der Waals surface area contributed by atoms with Crippen LogP contribution in [-0.2, 0) is 9.47 Å². The molecule has 2 amide bonds. The number of halogens is 1. The molecule has 4 fully saturated rings. The van der Waals surface area contributed by atoms with Crippen LogP contribution in [0.5, 0.6) is 0 Å². The van der Waals surface area contributed by atoms with Gasteiger partial charge in [-0.05, 0) is 120 Å². The molecule has 2 aliphatic heterocycles. The number of fused-ring (bicyclic) bond motifs is 5. The number of benzene rings is 3. The molecule has 2 aromatic heterocycles. The number of H-pyrrole nitrogens is 2. The first kappa shape index (κ1) is 32.0. The molecule has 0 spiro atoms. The molecule has 4 heterocycles. The Morgan fingerprint density at radius 3 is 2.00 bits per heavy atom. The van der Waals surface area contributed by atoms with Gasteiger partial charge in [0.05, 0.1) is 35.0 Å². The van der Waals surface area contributed by atoms with E-state index in [4.69, 9.17) is 14.5 Å². The zero-order valence-corrected chi connectivity index (χ0v) is 29.8. The van der Waals surface area contributed by atoms with Crippen LogP contribution in [0.2, 0.25) is 0 Å². The number of carbonyl (C=O) groups is 2. The van der Waals surface area contributed by atoms with Crippen LogP contribution >= 0.6 is 0 Å². The summed E-state index contributed by atoms with van der Waals surface area (Å²) in [4.78, 5) is 46.3. The summed E-state index contributed by atoms with van der Waals surface area (Å²) in [6.45, 7) is 11.3. The molecule has 2 saturated heterocycles. The fraction of sp³-hybridized carbons (Fsp3) is 0.450. The maximum absolute atomic E-state index is 15.8. The summed E-state index contributed by atoms with van der Waals surface area (Å²) in [5.41, 5.74) is 3.23. The van der Waals surface area contributed by atoms with Crippen LogP contribution in [0, 0.1) is 17.7 Å². The number of imidazole rings is 2. The molecule has 10 nitrogen and oxygen atoms in total. The summed E-state index contributed by atoms with van der Waals surface area (Å²) in [6, 6.07) is 15.4. The lowest BCUT2D eigenvalue weighted by Gasteiger charge is -2.29. The van der Waals surface area contributed by atoms with E-state index in [1.165, 1.54) is 0 Å². The summed E-state index contributed by atoms with van der Waals surface area (Å²) < 4.78 is 27.2. The molecule has 51 heavy (non-hydrogen) atoms. The smallest absolute Gasteiger partial charge is 0.411 e. The first-order chi connectivity index (χ1) is 24.2. The van der Waals surface area contributed by atoms with Crippen LogP contribution < -0.4 is 0 Å². The molecule has 0 radical (unpaired) electrons. The molecule has 5 aromatic rings. The number of carbonyl (C=O) groups excluding carboxylic acids is 2. The quantitative estimate of drug-likeness (QED) is 0.194. The van der Waals surface area contributed by atoms with Gasteiger partial charge in [0.2, 0.25) is 0 Å². The molecule has 2 saturated carbocycles. The molecule has 3 aromatic carbocycles. The van der Waals surface area contributed by atoms with Gasteiger partial charge in [0.15, 0.2) is 0 Å². The summed E-state index contributed by atoms with van der Waals surface area (Å²) in [5, 5.41) is 1.97. The molecule has 2 unspecified atom stereocenters. The van der Waals surface area contributed by atoms with Crippen molar-refractivity contribution in [2.45, 2.75) is 103 Å². The van der Waals surface area contributed by atoms with Crippen molar-refractivity contribution in [1.29, 1.82) is 0 Å². The second-order valence-corrected chi connectivity index (χ2v) is 16.8. The van der Waals surface area contributed by atoms with Gasteiger partial charge in [-0.1, -0.05) is 24.3 Å². The Balaban J connectivity index is 0.955. The number of piperidine rings is 2. The van der Waals surface area contributed by atoms with Gasteiger partial charge >= 0.3 is 12.2 Å². The van der Waals surface area contributed by atoms with Crippen molar-refractivity contribution in [2.75, 3.05) is 0 Å². The molecular weight excluding hydrogens is 647 g/mol. The van der Waals surface area contributed by atoms with Crippen molar-refractivity contribution in [3.8, 4) is 22.4 Å². The fourth-order valence-electron chi connectivity index (χ4n) is 8.27. The number of amides is 2. The van der Waals surface area contributed by atoms with Crippen LogP contribution in [0.4, 0.5) is 14.0 Å². The van der Waals surface area contributed by atoms with Crippen LogP contribution in [0.1, 0.15) is 91.0 Å². The van der Waals surface area contributed by atoms with E-state index in [0.29, 0.717) is 28.9 Å². The van der Waals surface area contributed by atoms with E-state index < -0.39 is 11.2 Å². The zero-order chi connectivity index (χ0) is 35.6. The third kappa shape index (κ3) is 5.70. The minimum atomic E-state index is -0.587. The zero-order valence-electron chi connectivity index (χ0n) is 29.8. The molecule has 0 bridgehead atoms. The number of aromatic nitrogens is 4. The topological polar surface area (TPSA) is 116 Å². The predicted octanol–water partition coefficient (Wildman–Crippen LogP) is 9.05. The number of nitrogens with zero attached hydrogens (tertiary/aromatic N) is 4. The van der Waals surface area contributed by atoms with E-state index in [0.717, 1.165) is 64.4 Å². The predicted molar refractivity (Wildman–Crippen MR) is 191 cm³/mol. The van der Waals surface area contributed by atoms with Gasteiger partial charge < -0.3 is 19.4 Å². The molecule has 264 valence electrons. The van der Waals surface area contributed by atoms with Gasteiger partial charge in [-0.15, -0.1) is 0 Å². The lowest BCUT2D eigenvalue weighted by Crippen LogP contribution is -2.38. The summed E-state index contributed by atoms with van der Waals surface area (Å²) in [6.07, 6.45) is 4.72. The number of likely N-dealkylation sites (tertiary alicyclic amines) is 2. The standard InChI is InChI=1S/C40H43FN6O4/c1-39(2,3)50-37(48)46-30-15-23(30)17-32(46)35-42-19-29(44-35)26-11-8-21(14-27(26)41)20-7-10-25-22(13-20)9-12-28-34(25)45-36(43-28)33-18-24-16-31(24)47(33)38(49)51-40(4,5)6/h7-14,19,23-24,30-33H,15-18H2,1-6H3,(H,42,44)(H,43,45)/t23?,24-,30-,31?,32+,33+/m1/s1. The Bertz CT molecular complexity index is 2230. The molecule has 2 aliphatic carbocycles. The van der Waals surface area contributed by atoms with Crippen molar-refractivity contribution >= 4 is 34.0 Å². The number of aromatic amines is 2. The number of hydrogen-bond acceptors (Lipinski definition) is 6. The second-order valence-electron chi connectivity index (χ2n) is 16.8. The largest absolute Gasteiger partial charge is 0.444 e. The Morgan fingerprint density at radius 1 is 0.765 bits per heavy atom. The van der Waals surface area contributed by atoms with Crippen molar-refractivity contribution in [1.82, 2.24) is 29.7 Å². The van der Waals surface area contributed by atoms with Crippen LogP contribution in [0.25, 0.3) is 44.2 Å². The minimum Gasteiger partial charge on any atom is -0.444 e. The summed E-state index contributed by atoms with van der Waals surface area (Å²) in [7, 11) is 0. The maximum atomic E-state index is 15.8. The summed E-state index contributed by atoms with van der Waals surface area (Å²) in [5.74, 6) is 2.01. The van der Waals surface area contributed by atoms with E-state index in [1.54, 1.807) is 18.3 Å². The molecular formula is C40H43FN6O4. The lowest BCUT2D eigenvalue weighted by molar-refractivity contribution is 0.0164. The van der Waals surface area contributed by atoms with Gasteiger partial charge in [-0.3, -0.25) is 9.80 Å². The SMILES string of the molecule is CC(C)(C)OC(=O)N1C2C[C@@H]2C[C@H]1c1nc2c(ccc3cc(-c4ccc(-c5cnc([C@@H]6CC7C[C@H]7N6C(=O)OC(C)(C)C)[nH]5)c(F)c4)ccc32)[nH]1. The summed E-state index contributed by atoms with van der Waals surface area (Å²) >= 11 is 0. The van der Waals surface area contributed by atoms with E-state index in [1.807, 2.05) is 81.7 Å². The van der Waals surface area contributed by atoms with Gasteiger partial charge in [-0.25, -0.2) is 23.9 Å². The minimum absolute atomic E-state index is 0.148. The van der Waals surface area contributed by atoms with E-state index in [-0.39, 0.29) is 42.2 Å². The number of hydrogen-bond donors (Lipinski definition) is 2. The van der Waals surface area contributed by atoms with Gasteiger partial charge in [0.1, 0.15) is 28.7 Å². The number of rotatable bonds is 4. The molecule has 4 aliphatic rings. The van der Waals surface area contributed by atoms with Crippen LogP contribution in [0.15, 0.2) is 54.7 Å². The molecule has 2 N–H and O–H groups in total. The molecule has 6 atom stereocenters.